The molecule has 0 aliphatic carbocycles. The van der Waals surface area contributed by atoms with Crippen molar-refractivity contribution in [3.05, 3.63) is 22.4 Å². The molecule has 25 heavy (non-hydrogen) atoms. The summed E-state index contributed by atoms with van der Waals surface area (Å²) in [6.07, 6.45) is 2.94. The Bertz CT molecular complexity index is 749. The van der Waals surface area contributed by atoms with Gasteiger partial charge in [-0.3, -0.25) is 9.59 Å². The summed E-state index contributed by atoms with van der Waals surface area (Å²) in [6, 6.07) is 1.68. The first-order valence-corrected chi connectivity index (χ1v) is 9.20. The lowest BCUT2D eigenvalue weighted by Gasteiger charge is -2.30. The van der Waals surface area contributed by atoms with Crippen LogP contribution in [0.2, 0.25) is 0 Å². The van der Waals surface area contributed by atoms with Crippen LogP contribution in [0.3, 0.4) is 0 Å². The van der Waals surface area contributed by atoms with E-state index >= 15 is 0 Å². The fraction of sp³-hybridized carbons (Fsp3) is 0.562. The Morgan fingerprint density at radius 1 is 1.40 bits per heavy atom. The summed E-state index contributed by atoms with van der Waals surface area (Å²) in [4.78, 5) is 27.4. The highest BCUT2D eigenvalue weighted by Gasteiger charge is 2.30. The first kappa shape index (κ1) is 17.5. The predicted octanol–water partition coefficient (Wildman–Crippen LogP) is 2.28. The van der Waals surface area contributed by atoms with E-state index in [0.29, 0.717) is 42.4 Å². The second-order valence-electron chi connectivity index (χ2n) is 6.18. The van der Waals surface area contributed by atoms with E-state index in [0.717, 1.165) is 30.1 Å². The molecule has 1 fully saturated rings. The molecule has 9 heteroatoms. The van der Waals surface area contributed by atoms with Gasteiger partial charge in [0.05, 0.1) is 5.69 Å². The maximum absolute atomic E-state index is 12.7. The van der Waals surface area contributed by atoms with Crippen LogP contribution in [0.15, 0.2) is 10.6 Å². The van der Waals surface area contributed by atoms with Gasteiger partial charge in [-0.15, -0.1) is 5.10 Å². The molecule has 0 unspecified atom stereocenters. The number of rotatable bonds is 5. The number of nitrogens with zero attached hydrogens (tertiary/aromatic N) is 4. The third-order valence-corrected chi connectivity index (χ3v) is 5.03. The zero-order valence-electron chi connectivity index (χ0n) is 14.3. The predicted molar refractivity (Wildman–Crippen MR) is 92.4 cm³/mol. The lowest BCUT2D eigenvalue weighted by atomic mass is 9.95. The Morgan fingerprint density at radius 3 is 2.80 bits per heavy atom. The number of aromatic nitrogens is 3. The Kier molecular flexibility index (Phi) is 5.42. The van der Waals surface area contributed by atoms with Crippen LogP contribution in [-0.4, -0.2) is 44.5 Å². The Morgan fingerprint density at radius 2 is 2.16 bits per heavy atom. The number of likely N-dealkylation sites (tertiary alicyclic amines) is 1. The molecule has 2 aromatic rings. The molecule has 0 bridgehead atoms. The molecule has 0 spiro atoms. The Balaban J connectivity index is 1.55. The molecule has 1 aliphatic rings. The van der Waals surface area contributed by atoms with E-state index in [4.69, 9.17) is 4.52 Å². The normalized spacial score (nSPS) is 15.4. The standard InChI is InChI=1S/C16H21N5O3S/c1-3-4-12-14(25-20-18-12)16(23)21-7-5-11(6-8-21)15(22)17-13-9-10(2)24-19-13/h9,11H,3-8H2,1-2H3,(H,17,19,22). The maximum atomic E-state index is 12.7. The summed E-state index contributed by atoms with van der Waals surface area (Å²) in [5.41, 5.74) is 0.777. The number of carbonyl (C=O) groups is 2. The largest absolute Gasteiger partial charge is 0.360 e. The van der Waals surface area contributed by atoms with E-state index in [-0.39, 0.29) is 17.7 Å². The number of nitrogens with one attached hydrogen (secondary N) is 1. The molecule has 1 aliphatic heterocycles. The van der Waals surface area contributed by atoms with Crippen molar-refractivity contribution in [1.82, 2.24) is 19.6 Å². The minimum atomic E-state index is -0.129. The van der Waals surface area contributed by atoms with Crippen molar-refractivity contribution in [1.29, 1.82) is 0 Å². The highest BCUT2D eigenvalue weighted by Crippen LogP contribution is 2.23. The maximum Gasteiger partial charge on any atom is 0.267 e. The molecule has 134 valence electrons. The van der Waals surface area contributed by atoms with Crippen LogP contribution < -0.4 is 5.32 Å². The highest BCUT2D eigenvalue weighted by atomic mass is 32.1. The number of hydrogen-bond donors (Lipinski definition) is 1. The van der Waals surface area contributed by atoms with Gasteiger partial charge in [-0.25, -0.2) is 0 Å². The number of anilines is 1. The van der Waals surface area contributed by atoms with Gasteiger partial charge in [0.2, 0.25) is 5.91 Å². The van der Waals surface area contributed by atoms with Gasteiger partial charge in [0.25, 0.3) is 5.91 Å². The van der Waals surface area contributed by atoms with Crippen molar-refractivity contribution >= 4 is 29.2 Å². The molecule has 3 rings (SSSR count). The van der Waals surface area contributed by atoms with E-state index in [1.807, 2.05) is 6.92 Å². The van der Waals surface area contributed by atoms with Crippen molar-refractivity contribution in [3.8, 4) is 0 Å². The van der Waals surface area contributed by atoms with Crippen LogP contribution in [-0.2, 0) is 11.2 Å². The molecule has 1 saturated heterocycles. The molecule has 2 amide bonds. The number of carbonyl (C=O) groups excluding carboxylic acids is 2. The van der Waals surface area contributed by atoms with Gasteiger partial charge >= 0.3 is 0 Å². The van der Waals surface area contributed by atoms with Crippen LogP contribution in [0.5, 0.6) is 0 Å². The lowest BCUT2D eigenvalue weighted by Crippen LogP contribution is -2.41. The van der Waals surface area contributed by atoms with Crippen molar-refractivity contribution in [2.75, 3.05) is 18.4 Å². The van der Waals surface area contributed by atoms with Gasteiger partial charge in [-0.1, -0.05) is 23.0 Å². The lowest BCUT2D eigenvalue weighted by molar-refractivity contribution is -0.121. The second-order valence-corrected chi connectivity index (χ2v) is 6.93. The number of amides is 2. The fourth-order valence-electron chi connectivity index (χ4n) is 2.91. The third-order valence-electron chi connectivity index (χ3n) is 4.27. The zero-order valence-corrected chi connectivity index (χ0v) is 15.1. The summed E-state index contributed by atoms with van der Waals surface area (Å²) in [7, 11) is 0. The fourth-order valence-corrected chi connectivity index (χ4v) is 3.59. The molecule has 8 nitrogen and oxygen atoms in total. The first-order chi connectivity index (χ1) is 12.1. The quantitative estimate of drug-likeness (QED) is 0.874. The average Bonchev–Trinajstić information content (AvgIpc) is 3.24. The number of piperidine rings is 1. The summed E-state index contributed by atoms with van der Waals surface area (Å²) in [5.74, 6) is 0.851. The third kappa shape index (κ3) is 4.04. The SMILES string of the molecule is CCCc1nnsc1C(=O)N1CCC(C(=O)Nc2cc(C)on2)CC1. The summed E-state index contributed by atoms with van der Waals surface area (Å²) < 4.78 is 8.86. The highest BCUT2D eigenvalue weighted by molar-refractivity contribution is 7.08. The molecule has 0 atom stereocenters. The second kappa shape index (κ2) is 7.73. The van der Waals surface area contributed by atoms with Gasteiger partial charge in [-0.2, -0.15) is 0 Å². The van der Waals surface area contributed by atoms with Crippen LogP contribution in [0.4, 0.5) is 5.82 Å². The van der Waals surface area contributed by atoms with Crippen molar-refractivity contribution < 1.29 is 14.1 Å². The summed E-state index contributed by atoms with van der Waals surface area (Å²) in [6.45, 7) is 4.93. The number of aryl methyl sites for hydroxylation is 2. The summed E-state index contributed by atoms with van der Waals surface area (Å²) in [5, 5.41) is 10.6. The van der Waals surface area contributed by atoms with Crippen LogP contribution in [0, 0.1) is 12.8 Å². The van der Waals surface area contributed by atoms with E-state index < -0.39 is 0 Å². The average molecular weight is 363 g/mol. The van der Waals surface area contributed by atoms with Gasteiger partial charge < -0.3 is 14.7 Å². The van der Waals surface area contributed by atoms with E-state index in [2.05, 4.69) is 20.1 Å². The molecule has 0 saturated carbocycles. The number of hydrogen-bond acceptors (Lipinski definition) is 7. The Hall–Kier alpha value is -2.29. The Labute approximate surface area is 149 Å². The van der Waals surface area contributed by atoms with Crippen molar-refractivity contribution in [2.24, 2.45) is 5.92 Å². The molecular weight excluding hydrogens is 342 g/mol. The van der Waals surface area contributed by atoms with Gasteiger partial charge in [0.15, 0.2) is 5.82 Å². The van der Waals surface area contributed by atoms with E-state index in [9.17, 15) is 9.59 Å². The molecule has 2 aromatic heterocycles. The van der Waals surface area contributed by atoms with Crippen molar-refractivity contribution in [3.63, 3.8) is 0 Å². The van der Waals surface area contributed by atoms with Gasteiger partial charge in [0.1, 0.15) is 10.6 Å². The van der Waals surface area contributed by atoms with E-state index in [1.165, 1.54) is 0 Å². The van der Waals surface area contributed by atoms with Crippen LogP contribution >= 0.6 is 11.5 Å². The monoisotopic (exact) mass is 363 g/mol. The minimum absolute atomic E-state index is 0.0237. The topological polar surface area (TPSA) is 101 Å². The molecule has 0 radical (unpaired) electrons. The first-order valence-electron chi connectivity index (χ1n) is 8.43. The van der Waals surface area contributed by atoms with Gasteiger partial charge in [-0.05, 0) is 37.7 Å². The molecule has 1 N–H and O–H groups in total. The summed E-state index contributed by atoms with van der Waals surface area (Å²) >= 11 is 1.15. The molecular formula is C16H21N5O3S. The molecule has 3 heterocycles. The van der Waals surface area contributed by atoms with Crippen LogP contribution in [0.1, 0.15) is 47.3 Å². The molecule has 0 aromatic carbocycles. The van der Waals surface area contributed by atoms with Crippen molar-refractivity contribution in [2.45, 2.75) is 39.5 Å². The van der Waals surface area contributed by atoms with E-state index in [1.54, 1.807) is 17.9 Å². The van der Waals surface area contributed by atoms with Crippen LogP contribution in [0.25, 0.3) is 0 Å². The smallest absolute Gasteiger partial charge is 0.267 e. The zero-order chi connectivity index (χ0) is 17.8. The van der Waals surface area contributed by atoms with Gasteiger partial charge in [0, 0.05) is 25.1 Å². The minimum Gasteiger partial charge on any atom is -0.360 e.